The lowest BCUT2D eigenvalue weighted by Crippen LogP contribution is -2.44. The first-order valence-corrected chi connectivity index (χ1v) is 12.5. The number of methoxy groups -OCH3 is 1. The van der Waals surface area contributed by atoms with E-state index >= 15 is 0 Å². The van der Waals surface area contributed by atoms with E-state index < -0.39 is 10.0 Å². The SMILES string of the molecule is CO[C@@H]1CN(C)C(=O)c2ccc(NS(=O)(=O)c3cccc(C)c3)cc2OC[C@@H](C)NC[C@H]1C. The molecule has 1 heterocycles. The van der Waals surface area contributed by atoms with Crippen molar-refractivity contribution < 1.29 is 22.7 Å². The lowest BCUT2D eigenvalue weighted by Gasteiger charge is -2.30. The van der Waals surface area contributed by atoms with Gasteiger partial charge < -0.3 is 19.7 Å². The van der Waals surface area contributed by atoms with Gasteiger partial charge in [0, 0.05) is 39.4 Å². The molecular weight excluding hydrogens is 442 g/mol. The summed E-state index contributed by atoms with van der Waals surface area (Å²) < 4.78 is 39.9. The molecular formula is C24H33N3O5S. The summed E-state index contributed by atoms with van der Waals surface area (Å²) in [6, 6.07) is 11.4. The standard InChI is InChI=1S/C24H33N3O5S/c1-16-7-6-8-20(11-16)33(29,30)26-19-9-10-21-22(12-19)32-15-18(3)25-13-17(2)23(31-5)14-27(4)24(21)28/h6-12,17-18,23,25-26H,13-15H2,1-5H3/t17-,18-,23-/m1/s1. The van der Waals surface area contributed by atoms with Crippen molar-refractivity contribution >= 4 is 21.6 Å². The summed E-state index contributed by atoms with van der Waals surface area (Å²) in [7, 11) is -0.410. The zero-order valence-electron chi connectivity index (χ0n) is 19.8. The number of hydrogen-bond donors (Lipinski definition) is 2. The monoisotopic (exact) mass is 475 g/mol. The summed E-state index contributed by atoms with van der Waals surface area (Å²) >= 11 is 0. The van der Waals surface area contributed by atoms with Crippen LogP contribution in [0.1, 0.15) is 29.8 Å². The summed E-state index contributed by atoms with van der Waals surface area (Å²) in [5.74, 6) is 0.311. The van der Waals surface area contributed by atoms with Gasteiger partial charge in [0.15, 0.2) is 0 Å². The van der Waals surface area contributed by atoms with E-state index in [1.807, 2.05) is 19.9 Å². The Kier molecular flexibility index (Phi) is 7.99. The van der Waals surface area contributed by atoms with Crippen LogP contribution in [0, 0.1) is 12.8 Å². The highest BCUT2D eigenvalue weighted by Gasteiger charge is 2.26. The number of ether oxygens (including phenoxy) is 2. The first kappa shape index (κ1) is 25.0. The number of nitrogens with zero attached hydrogens (tertiary/aromatic N) is 1. The Morgan fingerprint density at radius 2 is 1.94 bits per heavy atom. The van der Waals surface area contributed by atoms with Gasteiger partial charge in [-0.1, -0.05) is 19.1 Å². The van der Waals surface area contributed by atoms with E-state index in [0.717, 1.165) is 5.56 Å². The highest BCUT2D eigenvalue weighted by atomic mass is 32.2. The van der Waals surface area contributed by atoms with Crippen LogP contribution in [0.15, 0.2) is 47.4 Å². The minimum atomic E-state index is -3.78. The molecule has 1 aliphatic heterocycles. The van der Waals surface area contributed by atoms with Crippen LogP contribution in [0.25, 0.3) is 0 Å². The first-order chi connectivity index (χ1) is 15.6. The molecule has 0 spiro atoms. The smallest absolute Gasteiger partial charge is 0.261 e. The summed E-state index contributed by atoms with van der Waals surface area (Å²) in [4.78, 5) is 15.0. The number of fused-ring (bicyclic) bond motifs is 1. The second kappa shape index (κ2) is 10.5. The molecule has 8 nitrogen and oxygen atoms in total. The van der Waals surface area contributed by atoms with Crippen molar-refractivity contribution in [2.75, 3.05) is 38.6 Å². The highest BCUT2D eigenvalue weighted by Crippen LogP contribution is 2.27. The summed E-state index contributed by atoms with van der Waals surface area (Å²) in [5.41, 5.74) is 1.53. The predicted octanol–water partition coefficient (Wildman–Crippen LogP) is 2.89. The highest BCUT2D eigenvalue weighted by molar-refractivity contribution is 7.92. The predicted molar refractivity (Wildman–Crippen MR) is 128 cm³/mol. The molecule has 2 aromatic rings. The summed E-state index contributed by atoms with van der Waals surface area (Å²) in [6.45, 7) is 7.38. The topological polar surface area (TPSA) is 97.0 Å². The number of amides is 1. The van der Waals surface area contributed by atoms with Crippen LogP contribution in [0.2, 0.25) is 0 Å². The Labute approximate surface area is 196 Å². The number of likely N-dealkylation sites (N-methyl/N-ethyl adjacent to an activating group) is 1. The Bertz CT molecular complexity index is 1090. The fourth-order valence-corrected chi connectivity index (χ4v) is 4.87. The van der Waals surface area contributed by atoms with E-state index in [1.165, 1.54) is 0 Å². The molecule has 0 aliphatic carbocycles. The van der Waals surface area contributed by atoms with Gasteiger partial charge in [-0.3, -0.25) is 9.52 Å². The molecule has 3 atom stereocenters. The van der Waals surface area contributed by atoms with Crippen LogP contribution < -0.4 is 14.8 Å². The van der Waals surface area contributed by atoms with Gasteiger partial charge in [-0.15, -0.1) is 0 Å². The third kappa shape index (κ3) is 6.25. The number of carbonyl (C=O) groups excluding carboxylic acids is 1. The van der Waals surface area contributed by atoms with Gasteiger partial charge in [-0.05, 0) is 49.6 Å². The third-order valence-electron chi connectivity index (χ3n) is 5.78. The lowest BCUT2D eigenvalue weighted by atomic mass is 10.0. The number of nitrogens with one attached hydrogen (secondary N) is 2. The maximum absolute atomic E-state index is 13.2. The Hall–Kier alpha value is -2.62. The second-order valence-electron chi connectivity index (χ2n) is 8.69. The van der Waals surface area contributed by atoms with Crippen LogP contribution in [-0.2, 0) is 14.8 Å². The minimum Gasteiger partial charge on any atom is -0.491 e. The average molecular weight is 476 g/mol. The van der Waals surface area contributed by atoms with E-state index in [4.69, 9.17) is 9.47 Å². The number of hydrogen-bond acceptors (Lipinski definition) is 6. The van der Waals surface area contributed by atoms with Crippen molar-refractivity contribution in [3.8, 4) is 5.75 Å². The van der Waals surface area contributed by atoms with Crippen molar-refractivity contribution in [3.63, 3.8) is 0 Å². The van der Waals surface area contributed by atoms with E-state index in [0.29, 0.717) is 36.7 Å². The molecule has 0 unspecified atom stereocenters. The summed E-state index contributed by atoms with van der Waals surface area (Å²) in [5, 5.41) is 3.43. The van der Waals surface area contributed by atoms with Crippen molar-refractivity contribution in [2.45, 2.75) is 37.8 Å². The molecule has 0 radical (unpaired) electrons. The molecule has 0 saturated heterocycles. The van der Waals surface area contributed by atoms with Crippen molar-refractivity contribution in [3.05, 3.63) is 53.6 Å². The van der Waals surface area contributed by atoms with E-state index in [1.54, 1.807) is 55.5 Å². The number of rotatable bonds is 4. The van der Waals surface area contributed by atoms with Crippen LogP contribution >= 0.6 is 0 Å². The number of carbonyl (C=O) groups is 1. The lowest BCUT2D eigenvalue weighted by molar-refractivity contribution is 0.0281. The molecule has 9 heteroatoms. The molecule has 0 fully saturated rings. The van der Waals surface area contributed by atoms with Gasteiger partial charge >= 0.3 is 0 Å². The van der Waals surface area contributed by atoms with Crippen molar-refractivity contribution in [1.29, 1.82) is 0 Å². The molecule has 3 rings (SSSR count). The quantitative estimate of drug-likeness (QED) is 0.706. The molecule has 0 saturated carbocycles. The van der Waals surface area contributed by atoms with Gasteiger partial charge in [0.05, 0.1) is 22.3 Å². The molecule has 0 bridgehead atoms. The number of sulfonamides is 1. The number of aryl methyl sites for hydroxylation is 1. The van der Waals surface area contributed by atoms with Crippen LogP contribution in [0.3, 0.4) is 0 Å². The fourth-order valence-electron chi connectivity index (χ4n) is 3.72. The number of anilines is 1. The molecule has 1 amide bonds. The maximum atomic E-state index is 13.2. The molecule has 180 valence electrons. The van der Waals surface area contributed by atoms with E-state index in [-0.39, 0.29) is 28.9 Å². The maximum Gasteiger partial charge on any atom is 0.261 e. The van der Waals surface area contributed by atoms with E-state index in [9.17, 15) is 13.2 Å². The second-order valence-corrected chi connectivity index (χ2v) is 10.4. The molecule has 1 aliphatic rings. The fraction of sp³-hybridized carbons (Fsp3) is 0.458. The van der Waals surface area contributed by atoms with Crippen LogP contribution in [-0.4, -0.2) is 65.2 Å². The van der Waals surface area contributed by atoms with Crippen molar-refractivity contribution in [1.82, 2.24) is 10.2 Å². The zero-order valence-corrected chi connectivity index (χ0v) is 20.6. The van der Waals surface area contributed by atoms with Crippen molar-refractivity contribution in [2.24, 2.45) is 5.92 Å². The number of benzene rings is 2. The molecule has 2 N–H and O–H groups in total. The largest absolute Gasteiger partial charge is 0.491 e. The van der Waals surface area contributed by atoms with Gasteiger partial charge in [0.1, 0.15) is 12.4 Å². The van der Waals surface area contributed by atoms with Gasteiger partial charge in [-0.25, -0.2) is 8.42 Å². The van der Waals surface area contributed by atoms with Crippen LogP contribution in [0.5, 0.6) is 5.75 Å². The van der Waals surface area contributed by atoms with E-state index in [2.05, 4.69) is 17.0 Å². The first-order valence-electron chi connectivity index (χ1n) is 11.0. The Morgan fingerprint density at radius 1 is 1.18 bits per heavy atom. The molecule has 33 heavy (non-hydrogen) atoms. The van der Waals surface area contributed by atoms with Gasteiger partial charge in [-0.2, -0.15) is 0 Å². The molecule has 0 aromatic heterocycles. The van der Waals surface area contributed by atoms with Crippen LogP contribution in [0.4, 0.5) is 5.69 Å². The average Bonchev–Trinajstić information content (AvgIpc) is 2.78. The van der Waals surface area contributed by atoms with Gasteiger partial charge in [0.25, 0.3) is 15.9 Å². The zero-order chi connectivity index (χ0) is 24.2. The third-order valence-corrected chi connectivity index (χ3v) is 7.16. The minimum absolute atomic E-state index is 0.0257. The normalized spacial score (nSPS) is 22.5. The Balaban J connectivity index is 1.92. The Morgan fingerprint density at radius 3 is 2.64 bits per heavy atom. The summed E-state index contributed by atoms with van der Waals surface area (Å²) in [6.07, 6.45) is -0.122. The molecule has 2 aromatic carbocycles. The van der Waals surface area contributed by atoms with Gasteiger partial charge in [0.2, 0.25) is 0 Å².